The third kappa shape index (κ3) is 6.61. The van der Waals surface area contributed by atoms with Crippen molar-refractivity contribution < 1.29 is 8.42 Å². The van der Waals surface area contributed by atoms with Crippen molar-refractivity contribution >= 4 is 16.0 Å². The van der Waals surface area contributed by atoms with Crippen molar-refractivity contribution in [1.29, 1.82) is 0 Å². The fourth-order valence-corrected chi connectivity index (χ4v) is 4.22. The van der Waals surface area contributed by atoms with Crippen molar-refractivity contribution in [2.24, 2.45) is 10.9 Å². The van der Waals surface area contributed by atoms with E-state index in [4.69, 9.17) is 0 Å². The Morgan fingerprint density at radius 1 is 1.19 bits per heavy atom. The highest BCUT2D eigenvalue weighted by Gasteiger charge is 2.13. The van der Waals surface area contributed by atoms with Crippen LogP contribution in [0.3, 0.4) is 0 Å². The van der Waals surface area contributed by atoms with Gasteiger partial charge in [0.25, 0.3) is 0 Å². The zero-order chi connectivity index (χ0) is 18.8. The SMILES string of the molecule is CN=C(NCCCC1CCCCC1)NCc1cccc(S(=O)(=O)NC)c1. The van der Waals surface area contributed by atoms with Gasteiger partial charge in [0.15, 0.2) is 5.96 Å². The van der Waals surface area contributed by atoms with Gasteiger partial charge in [0, 0.05) is 20.1 Å². The van der Waals surface area contributed by atoms with Gasteiger partial charge < -0.3 is 10.6 Å². The highest BCUT2D eigenvalue weighted by Crippen LogP contribution is 2.26. The lowest BCUT2D eigenvalue weighted by atomic mass is 9.86. The van der Waals surface area contributed by atoms with E-state index >= 15 is 0 Å². The molecule has 1 aliphatic rings. The maximum atomic E-state index is 11.9. The Morgan fingerprint density at radius 3 is 2.65 bits per heavy atom. The van der Waals surface area contributed by atoms with Gasteiger partial charge in [-0.2, -0.15) is 0 Å². The number of benzene rings is 1. The lowest BCUT2D eigenvalue weighted by Crippen LogP contribution is -2.37. The molecule has 0 bridgehead atoms. The minimum Gasteiger partial charge on any atom is -0.356 e. The molecule has 0 atom stereocenters. The van der Waals surface area contributed by atoms with Crippen LogP contribution in [0.5, 0.6) is 0 Å². The summed E-state index contributed by atoms with van der Waals surface area (Å²) in [6, 6.07) is 6.92. The second-order valence-corrected chi connectivity index (χ2v) is 8.74. The summed E-state index contributed by atoms with van der Waals surface area (Å²) >= 11 is 0. The summed E-state index contributed by atoms with van der Waals surface area (Å²) in [5.74, 6) is 1.65. The molecule has 1 fully saturated rings. The second-order valence-electron chi connectivity index (χ2n) is 6.85. The number of nitrogens with zero attached hydrogens (tertiary/aromatic N) is 1. The zero-order valence-corrected chi connectivity index (χ0v) is 16.7. The van der Waals surface area contributed by atoms with E-state index < -0.39 is 10.0 Å². The van der Waals surface area contributed by atoms with Gasteiger partial charge in [0.2, 0.25) is 10.0 Å². The first kappa shape index (κ1) is 20.7. The number of sulfonamides is 1. The van der Waals surface area contributed by atoms with E-state index in [1.54, 1.807) is 25.2 Å². The number of hydrogen-bond acceptors (Lipinski definition) is 3. The Morgan fingerprint density at radius 2 is 1.96 bits per heavy atom. The molecular formula is C19H32N4O2S. The average molecular weight is 381 g/mol. The van der Waals surface area contributed by atoms with Gasteiger partial charge in [0.05, 0.1) is 4.90 Å². The van der Waals surface area contributed by atoms with Crippen LogP contribution in [0.15, 0.2) is 34.2 Å². The molecule has 0 aromatic heterocycles. The van der Waals surface area contributed by atoms with Gasteiger partial charge in [-0.15, -0.1) is 0 Å². The maximum Gasteiger partial charge on any atom is 0.240 e. The Kier molecular flexibility index (Phi) is 8.38. The van der Waals surface area contributed by atoms with Gasteiger partial charge in [-0.3, -0.25) is 4.99 Å². The van der Waals surface area contributed by atoms with Crippen LogP contribution in [0.4, 0.5) is 0 Å². The molecule has 1 aromatic rings. The molecule has 7 heteroatoms. The lowest BCUT2D eigenvalue weighted by Gasteiger charge is -2.21. The number of aliphatic imine (C=N–C) groups is 1. The predicted molar refractivity (Wildman–Crippen MR) is 107 cm³/mol. The van der Waals surface area contributed by atoms with Crippen molar-refractivity contribution in [3.05, 3.63) is 29.8 Å². The molecule has 3 N–H and O–H groups in total. The molecule has 146 valence electrons. The first-order valence-corrected chi connectivity index (χ1v) is 11.0. The summed E-state index contributed by atoms with van der Waals surface area (Å²) in [5.41, 5.74) is 0.895. The van der Waals surface area contributed by atoms with Crippen LogP contribution in [0.25, 0.3) is 0 Å². The summed E-state index contributed by atoms with van der Waals surface area (Å²) in [4.78, 5) is 4.51. The highest BCUT2D eigenvalue weighted by molar-refractivity contribution is 7.89. The van der Waals surface area contributed by atoms with Crippen LogP contribution in [-0.2, 0) is 16.6 Å². The Labute approximate surface area is 157 Å². The lowest BCUT2D eigenvalue weighted by molar-refractivity contribution is 0.332. The zero-order valence-electron chi connectivity index (χ0n) is 15.9. The second kappa shape index (κ2) is 10.5. The quantitative estimate of drug-likeness (QED) is 0.368. The fourth-order valence-electron chi connectivity index (χ4n) is 3.42. The van der Waals surface area contributed by atoms with Crippen LogP contribution in [0, 0.1) is 5.92 Å². The Bertz CT molecular complexity index is 683. The van der Waals surface area contributed by atoms with Gasteiger partial charge in [-0.1, -0.05) is 44.2 Å². The van der Waals surface area contributed by atoms with E-state index in [0.29, 0.717) is 6.54 Å². The smallest absolute Gasteiger partial charge is 0.240 e. The molecule has 2 rings (SSSR count). The normalized spacial score (nSPS) is 16.5. The van der Waals surface area contributed by atoms with Crippen molar-refractivity contribution in [2.75, 3.05) is 20.6 Å². The first-order valence-electron chi connectivity index (χ1n) is 9.52. The summed E-state index contributed by atoms with van der Waals surface area (Å²) in [7, 11) is -0.252. The van der Waals surface area contributed by atoms with E-state index in [0.717, 1.165) is 30.4 Å². The first-order chi connectivity index (χ1) is 12.5. The van der Waals surface area contributed by atoms with Crippen LogP contribution < -0.4 is 15.4 Å². The monoisotopic (exact) mass is 380 g/mol. The molecule has 26 heavy (non-hydrogen) atoms. The van der Waals surface area contributed by atoms with Gasteiger partial charge in [-0.25, -0.2) is 13.1 Å². The molecule has 0 unspecified atom stereocenters. The topological polar surface area (TPSA) is 82.6 Å². The third-order valence-electron chi connectivity index (χ3n) is 4.97. The number of nitrogens with one attached hydrogen (secondary N) is 3. The van der Waals surface area contributed by atoms with Gasteiger partial charge in [0.1, 0.15) is 0 Å². The molecule has 6 nitrogen and oxygen atoms in total. The van der Waals surface area contributed by atoms with E-state index in [-0.39, 0.29) is 4.90 Å². The van der Waals surface area contributed by atoms with E-state index in [1.807, 2.05) is 6.07 Å². The number of rotatable bonds is 8. The van der Waals surface area contributed by atoms with Crippen LogP contribution >= 0.6 is 0 Å². The number of guanidine groups is 1. The summed E-state index contributed by atoms with van der Waals surface area (Å²) in [5, 5.41) is 6.59. The molecular weight excluding hydrogens is 348 g/mol. The molecule has 1 saturated carbocycles. The van der Waals surface area contributed by atoms with Gasteiger partial charge in [-0.05, 0) is 43.5 Å². The number of hydrogen-bond donors (Lipinski definition) is 3. The largest absolute Gasteiger partial charge is 0.356 e. The Hall–Kier alpha value is -1.60. The van der Waals surface area contributed by atoms with E-state index in [9.17, 15) is 8.42 Å². The molecule has 1 aromatic carbocycles. The molecule has 0 amide bonds. The molecule has 1 aliphatic carbocycles. The highest BCUT2D eigenvalue weighted by atomic mass is 32.2. The Balaban J connectivity index is 1.75. The van der Waals surface area contributed by atoms with Crippen molar-refractivity contribution in [3.8, 4) is 0 Å². The predicted octanol–water partition coefficient (Wildman–Crippen LogP) is 2.62. The van der Waals surface area contributed by atoms with Crippen molar-refractivity contribution in [2.45, 2.75) is 56.4 Å². The molecule has 0 spiro atoms. The van der Waals surface area contributed by atoms with Crippen LogP contribution in [0.1, 0.15) is 50.5 Å². The molecule has 0 aliphatic heterocycles. The van der Waals surface area contributed by atoms with Crippen LogP contribution in [-0.4, -0.2) is 35.0 Å². The summed E-state index contributed by atoms with van der Waals surface area (Å²) < 4.78 is 26.1. The van der Waals surface area contributed by atoms with Gasteiger partial charge >= 0.3 is 0 Å². The molecule has 0 radical (unpaired) electrons. The van der Waals surface area contributed by atoms with Crippen molar-refractivity contribution in [3.63, 3.8) is 0 Å². The van der Waals surface area contributed by atoms with Crippen LogP contribution in [0.2, 0.25) is 0 Å². The van der Waals surface area contributed by atoms with E-state index in [1.165, 1.54) is 45.6 Å². The summed E-state index contributed by atoms with van der Waals surface area (Å²) in [6.07, 6.45) is 9.41. The van der Waals surface area contributed by atoms with E-state index in [2.05, 4.69) is 20.3 Å². The third-order valence-corrected chi connectivity index (χ3v) is 6.38. The molecule has 0 saturated heterocycles. The summed E-state index contributed by atoms with van der Waals surface area (Å²) in [6.45, 7) is 1.43. The minimum atomic E-state index is -3.42. The molecule has 0 heterocycles. The average Bonchev–Trinajstić information content (AvgIpc) is 2.68. The maximum absolute atomic E-state index is 11.9. The fraction of sp³-hybridized carbons (Fsp3) is 0.632. The minimum absolute atomic E-state index is 0.273. The standard InChI is InChI=1S/C19H32N4O2S/c1-20-19(22-13-7-11-16-8-4-3-5-9-16)23-15-17-10-6-12-18(14-17)26(24,25)21-2/h6,10,12,14,16,21H,3-5,7-9,11,13,15H2,1-2H3,(H2,20,22,23). The van der Waals surface area contributed by atoms with Crippen molar-refractivity contribution in [1.82, 2.24) is 15.4 Å².